The summed E-state index contributed by atoms with van der Waals surface area (Å²) in [6.45, 7) is 3.62. The van der Waals surface area contributed by atoms with Crippen molar-refractivity contribution < 1.29 is 22.3 Å². The largest absolute Gasteiger partial charge is 0.480 e. The maximum Gasteiger partial charge on any atom is 0.417 e. The van der Waals surface area contributed by atoms with Crippen molar-refractivity contribution in [1.29, 1.82) is 5.26 Å². The summed E-state index contributed by atoms with van der Waals surface area (Å²) >= 11 is 5.74. The number of imidazole rings is 1. The third-order valence-corrected chi connectivity index (χ3v) is 6.49. The van der Waals surface area contributed by atoms with Gasteiger partial charge in [0.05, 0.1) is 46.6 Å². The molecule has 7 nitrogen and oxygen atoms in total. The van der Waals surface area contributed by atoms with Gasteiger partial charge in [0.2, 0.25) is 5.88 Å². The Bertz CT molecular complexity index is 1850. The number of nitriles is 1. The molecule has 0 fully saturated rings. The number of rotatable bonds is 4. The number of pyridine rings is 1. The van der Waals surface area contributed by atoms with E-state index in [9.17, 15) is 18.4 Å². The van der Waals surface area contributed by atoms with Crippen LogP contribution in [-0.2, 0) is 12.6 Å². The van der Waals surface area contributed by atoms with E-state index >= 15 is 4.39 Å². The molecule has 0 N–H and O–H groups in total. The van der Waals surface area contributed by atoms with Crippen LogP contribution in [-0.4, -0.2) is 31.2 Å². The molecule has 0 bridgehead atoms. The number of hydrogen-bond acceptors (Lipinski definition) is 6. The van der Waals surface area contributed by atoms with Crippen molar-refractivity contribution in [3.63, 3.8) is 0 Å². The van der Waals surface area contributed by atoms with Crippen LogP contribution in [0.3, 0.4) is 0 Å². The topological polar surface area (TPSA) is 81.5 Å². The van der Waals surface area contributed by atoms with Gasteiger partial charge in [-0.05, 0) is 55.0 Å². The molecule has 3 heterocycles. The van der Waals surface area contributed by atoms with Crippen LogP contribution in [0.5, 0.6) is 5.88 Å². The fourth-order valence-electron chi connectivity index (χ4n) is 4.37. The summed E-state index contributed by atoms with van der Waals surface area (Å²) < 4.78 is 64.9. The Morgan fingerprint density at radius 2 is 1.84 bits per heavy atom. The van der Waals surface area contributed by atoms with Crippen LogP contribution in [0.25, 0.3) is 33.4 Å². The summed E-state index contributed by atoms with van der Waals surface area (Å²) in [5, 5.41) is 9.50. The first-order valence-electron chi connectivity index (χ1n) is 11.3. The first kappa shape index (κ1) is 25.3. The molecule has 2 aromatic carbocycles. The first-order chi connectivity index (χ1) is 18.1. The number of aromatic nitrogens is 5. The van der Waals surface area contributed by atoms with Crippen molar-refractivity contribution in [2.75, 3.05) is 7.11 Å². The van der Waals surface area contributed by atoms with Gasteiger partial charge in [-0.3, -0.25) is 9.13 Å². The molecule has 3 aromatic heterocycles. The third-order valence-electron chi connectivity index (χ3n) is 6.13. The normalized spacial score (nSPS) is 11.7. The molecule has 192 valence electrons. The van der Waals surface area contributed by atoms with Crippen LogP contribution >= 0.6 is 12.2 Å². The molecule has 0 saturated carbocycles. The highest BCUT2D eigenvalue weighted by molar-refractivity contribution is 7.71. The maximum atomic E-state index is 15.4. The minimum absolute atomic E-state index is 0.0449. The van der Waals surface area contributed by atoms with E-state index in [-0.39, 0.29) is 33.2 Å². The Morgan fingerprint density at radius 1 is 1.08 bits per heavy atom. The van der Waals surface area contributed by atoms with E-state index in [0.29, 0.717) is 28.7 Å². The molecule has 0 spiro atoms. The lowest BCUT2D eigenvalue weighted by molar-refractivity contribution is -0.137. The van der Waals surface area contributed by atoms with Gasteiger partial charge in [-0.2, -0.15) is 23.4 Å². The Balaban J connectivity index is 1.86. The molecule has 38 heavy (non-hydrogen) atoms. The van der Waals surface area contributed by atoms with Gasteiger partial charge in [-0.15, -0.1) is 0 Å². The van der Waals surface area contributed by atoms with Gasteiger partial charge < -0.3 is 4.74 Å². The molecule has 0 radical (unpaired) electrons. The molecule has 5 rings (SSSR count). The van der Waals surface area contributed by atoms with Crippen LogP contribution in [0.4, 0.5) is 17.6 Å². The van der Waals surface area contributed by atoms with E-state index in [1.807, 2.05) is 6.92 Å². The number of alkyl halides is 3. The molecule has 0 amide bonds. The summed E-state index contributed by atoms with van der Waals surface area (Å²) in [5.74, 6) is -0.0508. The summed E-state index contributed by atoms with van der Waals surface area (Å²) in [6.07, 6.45) is -2.78. The van der Waals surface area contributed by atoms with Crippen LogP contribution in [0.15, 0.2) is 42.6 Å². The standard InChI is InChI=1S/C26H18F4N6OS/c1-4-20-33-21-17(24(34-20)37-3)9-16(11-19(21)27)35-22-13(2)7-8-32-23(22)36(25(35)38)15-6-5-14(12-31)18(10-15)26(28,29)30/h5-11H,4H2,1-3H3. The zero-order valence-electron chi connectivity index (χ0n) is 20.3. The lowest BCUT2D eigenvalue weighted by atomic mass is 10.1. The second-order valence-corrected chi connectivity index (χ2v) is 8.78. The monoisotopic (exact) mass is 538 g/mol. The average Bonchev–Trinajstić information content (AvgIpc) is 3.20. The highest BCUT2D eigenvalue weighted by Crippen LogP contribution is 2.36. The summed E-state index contributed by atoms with van der Waals surface area (Å²) in [6, 6.07) is 9.45. The smallest absolute Gasteiger partial charge is 0.417 e. The highest BCUT2D eigenvalue weighted by Gasteiger charge is 2.34. The number of hydrogen-bond donors (Lipinski definition) is 0. The predicted octanol–water partition coefficient (Wildman–Crippen LogP) is 6.40. The molecule has 12 heteroatoms. The SMILES string of the molecule is CCc1nc(OC)c2cc(-n3c(=S)n(-c4ccc(C#N)c(C(F)(F)F)c4)c4nccc(C)c43)cc(F)c2n1. The number of ether oxygens (including phenoxy) is 1. The van der Waals surface area contributed by atoms with E-state index < -0.39 is 23.1 Å². The molecule has 0 unspecified atom stereocenters. The molecule has 5 aromatic rings. The molecule has 0 atom stereocenters. The van der Waals surface area contributed by atoms with Crippen LogP contribution in [0.2, 0.25) is 0 Å². The molecular formula is C26H18F4N6OS. The van der Waals surface area contributed by atoms with Crippen molar-refractivity contribution in [2.45, 2.75) is 26.4 Å². The van der Waals surface area contributed by atoms with Gasteiger partial charge in [0.15, 0.2) is 16.2 Å². The number of benzene rings is 2. The molecule has 0 saturated heterocycles. The van der Waals surface area contributed by atoms with Crippen molar-refractivity contribution in [3.05, 3.63) is 75.7 Å². The van der Waals surface area contributed by atoms with E-state index in [1.165, 1.54) is 34.6 Å². The summed E-state index contributed by atoms with van der Waals surface area (Å²) in [7, 11) is 1.42. The molecule has 0 aliphatic heterocycles. The van der Waals surface area contributed by atoms with Crippen molar-refractivity contribution in [1.82, 2.24) is 24.1 Å². The Morgan fingerprint density at radius 3 is 2.50 bits per heavy atom. The van der Waals surface area contributed by atoms with Crippen molar-refractivity contribution in [2.24, 2.45) is 0 Å². The number of aryl methyl sites for hydroxylation is 2. The Labute approximate surface area is 218 Å². The van der Waals surface area contributed by atoms with Gasteiger partial charge in [0.25, 0.3) is 0 Å². The molecule has 0 aliphatic rings. The second-order valence-electron chi connectivity index (χ2n) is 8.42. The summed E-state index contributed by atoms with van der Waals surface area (Å²) in [5.41, 5.74) is 0.235. The van der Waals surface area contributed by atoms with E-state index in [4.69, 9.17) is 17.0 Å². The lowest BCUT2D eigenvalue weighted by Crippen LogP contribution is -2.09. The second kappa shape index (κ2) is 9.18. The van der Waals surface area contributed by atoms with Crippen molar-refractivity contribution >= 4 is 34.3 Å². The quantitative estimate of drug-likeness (QED) is 0.195. The predicted molar refractivity (Wildman–Crippen MR) is 135 cm³/mol. The van der Waals surface area contributed by atoms with Gasteiger partial charge in [0, 0.05) is 18.7 Å². The Kier molecular flexibility index (Phi) is 6.11. The van der Waals surface area contributed by atoms with Crippen LogP contribution in [0.1, 0.15) is 29.4 Å². The van der Waals surface area contributed by atoms with E-state index in [1.54, 1.807) is 25.1 Å². The minimum atomic E-state index is -4.76. The van der Waals surface area contributed by atoms with Crippen molar-refractivity contribution in [3.8, 4) is 23.3 Å². The highest BCUT2D eigenvalue weighted by atomic mass is 32.1. The van der Waals surface area contributed by atoms with Crippen LogP contribution < -0.4 is 4.74 Å². The third kappa shape index (κ3) is 3.95. The lowest BCUT2D eigenvalue weighted by Gasteiger charge is -2.12. The minimum Gasteiger partial charge on any atom is -0.480 e. The molecular weight excluding hydrogens is 520 g/mol. The van der Waals surface area contributed by atoms with Gasteiger partial charge >= 0.3 is 6.18 Å². The zero-order valence-corrected chi connectivity index (χ0v) is 21.1. The van der Waals surface area contributed by atoms with Gasteiger partial charge in [0.1, 0.15) is 11.3 Å². The van der Waals surface area contributed by atoms with E-state index in [2.05, 4.69) is 15.0 Å². The summed E-state index contributed by atoms with van der Waals surface area (Å²) in [4.78, 5) is 13.0. The molecule has 0 aliphatic carbocycles. The van der Waals surface area contributed by atoms with E-state index in [0.717, 1.165) is 12.1 Å². The maximum absolute atomic E-state index is 15.4. The van der Waals surface area contributed by atoms with Gasteiger partial charge in [-0.1, -0.05) is 6.92 Å². The fraction of sp³-hybridized carbons (Fsp3) is 0.192. The Hall–Kier alpha value is -4.37. The number of methoxy groups -OCH3 is 1. The number of fused-ring (bicyclic) bond motifs is 2. The zero-order chi connectivity index (χ0) is 27.4. The number of nitrogens with zero attached hydrogens (tertiary/aromatic N) is 6. The number of halogens is 4. The first-order valence-corrected chi connectivity index (χ1v) is 11.7. The fourth-order valence-corrected chi connectivity index (χ4v) is 4.76. The average molecular weight is 539 g/mol. The van der Waals surface area contributed by atoms with Gasteiger partial charge in [-0.25, -0.2) is 14.4 Å². The van der Waals surface area contributed by atoms with Crippen LogP contribution in [0, 0.1) is 28.8 Å².